The standard InChI is InChI=1S/C10H14BF3/c11-7-3-4-8(6-1-2-6)9(5-7)10(12,13)14/h6-9H,1-5H2. The first-order chi connectivity index (χ1) is 6.48. The quantitative estimate of drug-likeness (QED) is 0.572. The third kappa shape index (κ3) is 2.09. The van der Waals surface area contributed by atoms with Crippen molar-refractivity contribution in [1.82, 2.24) is 0 Å². The second kappa shape index (κ2) is 3.46. The molecule has 4 heteroatoms. The van der Waals surface area contributed by atoms with E-state index in [1.807, 2.05) is 0 Å². The van der Waals surface area contributed by atoms with Gasteiger partial charge in [-0.3, -0.25) is 0 Å². The lowest BCUT2D eigenvalue weighted by molar-refractivity contribution is -0.198. The van der Waals surface area contributed by atoms with E-state index in [2.05, 4.69) is 0 Å². The molecule has 2 rings (SSSR count). The van der Waals surface area contributed by atoms with Crippen molar-refractivity contribution < 1.29 is 13.2 Å². The smallest absolute Gasteiger partial charge is 0.171 e. The number of hydrogen-bond donors (Lipinski definition) is 0. The highest BCUT2D eigenvalue weighted by Gasteiger charge is 2.50. The van der Waals surface area contributed by atoms with Gasteiger partial charge in [0.2, 0.25) is 0 Å². The van der Waals surface area contributed by atoms with Crippen LogP contribution >= 0.6 is 0 Å². The first-order valence-corrected chi connectivity index (χ1v) is 5.31. The predicted octanol–water partition coefficient (Wildman–Crippen LogP) is 3.33. The second-order valence-electron chi connectivity index (χ2n) is 4.72. The molecule has 0 aromatic heterocycles. The van der Waals surface area contributed by atoms with E-state index < -0.39 is 12.1 Å². The largest absolute Gasteiger partial charge is 0.392 e. The molecule has 0 saturated heterocycles. The Morgan fingerprint density at radius 2 is 1.64 bits per heavy atom. The Morgan fingerprint density at radius 3 is 2.14 bits per heavy atom. The molecule has 0 aromatic rings. The summed E-state index contributed by atoms with van der Waals surface area (Å²) in [6.45, 7) is 0. The highest BCUT2D eigenvalue weighted by atomic mass is 19.4. The van der Waals surface area contributed by atoms with E-state index in [1.165, 1.54) is 0 Å². The third-order valence-electron chi connectivity index (χ3n) is 3.59. The summed E-state index contributed by atoms with van der Waals surface area (Å²) in [6, 6.07) is 0. The van der Waals surface area contributed by atoms with E-state index in [1.54, 1.807) is 0 Å². The molecule has 2 aliphatic rings. The van der Waals surface area contributed by atoms with Crippen molar-refractivity contribution in [2.45, 2.75) is 44.1 Å². The average molecular weight is 202 g/mol. The minimum atomic E-state index is -4.04. The van der Waals surface area contributed by atoms with Crippen LogP contribution in [0.3, 0.4) is 0 Å². The Morgan fingerprint density at radius 1 is 1.00 bits per heavy atom. The fourth-order valence-corrected chi connectivity index (χ4v) is 2.69. The second-order valence-corrected chi connectivity index (χ2v) is 4.72. The zero-order chi connectivity index (χ0) is 10.3. The molecule has 0 N–H and O–H groups in total. The minimum Gasteiger partial charge on any atom is -0.171 e. The van der Waals surface area contributed by atoms with Gasteiger partial charge < -0.3 is 0 Å². The zero-order valence-corrected chi connectivity index (χ0v) is 8.06. The summed E-state index contributed by atoms with van der Waals surface area (Å²) in [5.74, 6) is -1.15. The number of alkyl halides is 3. The lowest BCUT2D eigenvalue weighted by Crippen LogP contribution is -2.35. The van der Waals surface area contributed by atoms with Gasteiger partial charge in [-0.2, -0.15) is 13.2 Å². The van der Waals surface area contributed by atoms with Gasteiger partial charge in [0.1, 0.15) is 0 Å². The molecule has 3 atom stereocenters. The maximum atomic E-state index is 12.7. The molecule has 0 aromatic carbocycles. The van der Waals surface area contributed by atoms with Crippen LogP contribution in [0.1, 0.15) is 32.1 Å². The van der Waals surface area contributed by atoms with Crippen molar-refractivity contribution in [3.63, 3.8) is 0 Å². The fraction of sp³-hybridized carbons (Fsp3) is 1.00. The van der Waals surface area contributed by atoms with Crippen LogP contribution in [0.25, 0.3) is 0 Å². The molecule has 2 radical (unpaired) electrons. The summed E-state index contributed by atoms with van der Waals surface area (Å²) in [5.41, 5.74) is 0. The van der Waals surface area contributed by atoms with Gasteiger partial charge in [-0.1, -0.05) is 18.7 Å². The molecule has 0 heterocycles. The van der Waals surface area contributed by atoms with Crippen molar-refractivity contribution >= 4 is 7.85 Å². The van der Waals surface area contributed by atoms with Crippen molar-refractivity contribution in [3.8, 4) is 0 Å². The van der Waals surface area contributed by atoms with Crippen LogP contribution in [0, 0.1) is 17.8 Å². The normalized spacial score (nSPS) is 39.8. The maximum Gasteiger partial charge on any atom is 0.392 e. The summed E-state index contributed by atoms with van der Waals surface area (Å²) >= 11 is 0. The summed E-state index contributed by atoms with van der Waals surface area (Å²) in [4.78, 5) is 0. The first kappa shape index (κ1) is 10.4. The van der Waals surface area contributed by atoms with E-state index in [0.29, 0.717) is 12.3 Å². The van der Waals surface area contributed by atoms with Crippen LogP contribution in [0.15, 0.2) is 0 Å². The van der Waals surface area contributed by atoms with Crippen LogP contribution in [0.4, 0.5) is 13.2 Å². The van der Waals surface area contributed by atoms with E-state index >= 15 is 0 Å². The highest BCUT2D eigenvalue weighted by molar-refractivity contribution is 6.11. The van der Waals surface area contributed by atoms with E-state index in [-0.39, 0.29) is 18.2 Å². The molecule has 14 heavy (non-hydrogen) atoms. The summed E-state index contributed by atoms with van der Waals surface area (Å²) < 4.78 is 38.1. The SMILES string of the molecule is [B]C1CCC(C2CC2)C(C(F)(F)F)C1. The highest BCUT2D eigenvalue weighted by Crippen LogP contribution is 2.53. The molecular weight excluding hydrogens is 188 g/mol. The molecule has 2 saturated carbocycles. The molecule has 78 valence electrons. The number of rotatable bonds is 1. The van der Waals surface area contributed by atoms with Gasteiger partial charge >= 0.3 is 6.18 Å². The molecule has 3 unspecified atom stereocenters. The van der Waals surface area contributed by atoms with Crippen LogP contribution in [-0.4, -0.2) is 14.0 Å². The molecule has 2 fully saturated rings. The van der Waals surface area contributed by atoms with Crippen LogP contribution in [0.2, 0.25) is 5.82 Å². The van der Waals surface area contributed by atoms with Crippen LogP contribution in [-0.2, 0) is 0 Å². The average Bonchev–Trinajstić information content (AvgIpc) is 2.85. The van der Waals surface area contributed by atoms with Gasteiger partial charge in [0.15, 0.2) is 0 Å². The van der Waals surface area contributed by atoms with Crippen molar-refractivity contribution in [2.24, 2.45) is 17.8 Å². The summed E-state index contributed by atoms with van der Waals surface area (Å²) in [6.07, 6.45) is -0.460. The Kier molecular flexibility index (Phi) is 2.56. The Balaban J connectivity index is 2.06. The van der Waals surface area contributed by atoms with Gasteiger partial charge in [0.25, 0.3) is 0 Å². The van der Waals surface area contributed by atoms with Crippen molar-refractivity contribution in [3.05, 3.63) is 0 Å². The number of halogens is 3. The van der Waals surface area contributed by atoms with Crippen molar-refractivity contribution in [1.29, 1.82) is 0 Å². The van der Waals surface area contributed by atoms with Crippen LogP contribution < -0.4 is 0 Å². The van der Waals surface area contributed by atoms with Gasteiger partial charge in [-0.15, -0.1) is 0 Å². The lowest BCUT2D eigenvalue weighted by atomic mass is 9.65. The summed E-state index contributed by atoms with van der Waals surface area (Å²) in [7, 11) is 5.60. The minimum absolute atomic E-state index is 0.130. The fourth-order valence-electron chi connectivity index (χ4n) is 2.69. The molecule has 0 spiro atoms. The molecular formula is C10H14BF3. The van der Waals surface area contributed by atoms with Gasteiger partial charge in [-0.25, -0.2) is 0 Å². The topological polar surface area (TPSA) is 0 Å². The lowest BCUT2D eigenvalue weighted by Gasteiger charge is -2.36. The Bertz CT molecular complexity index is 210. The maximum absolute atomic E-state index is 12.7. The Labute approximate surface area is 83.7 Å². The zero-order valence-electron chi connectivity index (χ0n) is 8.06. The Hall–Kier alpha value is -0.145. The number of hydrogen-bond acceptors (Lipinski definition) is 0. The summed E-state index contributed by atoms with van der Waals surface area (Å²) in [5, 5.41) is 0. The molecule has 0 aliphatic heterocycles. The monoisotopic (exact) mass is 202 g/mol. The van der Waals surface area contributed by atoms with Gasteiger partial charge in [0.05, 0.1) is 13.8 Å². The van der Waals surface area contributed by atoms with E-state index in [4.69, 9.17) is 7.85 Å². The molecule has 2 aliphatic carbocycles. The van der Waals surface area contributed by atoms with Gasteiger partial charge in [0, 0.05) is 0 Å². The third-order valence-corrected chi connectivity index (χ3v) is 3.59. The van der Waals surface area contributed by atoms with E-state index in [9.17, 15) is 13.2 Å². The van der Waals surface area contributed by atoms with Crippen LogP contribution in [0.5, 0.6) is 0 Å². The molecule has 0 nitrogen and oxygen atoms in total. The predicted molar refractivity (Wildman–Crippen MR) is 49.1 cm³/mol. The molecule has 0 amide bonds. The molecule has 0 bridgehead atoms. The first-order valence-electron chi connectivity index (χ1n) is 5.31. The van der Waals surface area contributed by atoms with E-state index in [0.717, 1.165) is 19.3 Å². The van der Waals surface area contributed by atoms with Gasteiger partial charge in [-0.05, 0) is 31.1 Å². The van der Waals surface area contributed by atoms with Crippen molar-refractivity contribution in [2.75, 3.05) is 0 Å².